The van der Waals surface area contributed by atoms with Crippen molar-refractivity contribution in [2.75, 3.05) is 26.3 Å². The van der Waals surface area contributed by atoms with Crippen LogP contribution in [0.4, 0.5) is 0 Å². The van der Waals surface area contributed by atoms with Crippen LogP contribution in [0.2, 0.25) is 0 Å². The average Bonchev–Trinajstić information content (AvgIpc) is 3.30. The van der Waals surface area contributed by atoms with Gasteiger partial charge in [-0.2, -0.15) is 0 Å². The van der Waals surface area contributed by atoms with Crippen LogP contribution in [0.25, 0.3) is 22.1 Å². The number of morpholine rings is 1. The van der Waals surface area contributed by atoms with Crippen molar-refractivity contribution in [3.8, 4) is 0 Å². The number of benzene rings is 2. The molecule has 3 heterocycles. The van der Waals surface area contributed by atoms with E-state index < -0.39 is 5.97 Å². The molecule has 1 aliphatic rings. The van der Waals surface area contributed by atoms with Crippen LogP contribution in [-0.2, 0) is 11.3 Å². The van der Waals surface area contributed by atoms with Crippen LogP contribution in [0, 0.1) is 6.92 Å². The lowest BCUT2D eigenvalue weighted by Gasteiger charge is -2.25. The highest BCUT2D eigenvalue weighted by Gasteiger charge is 2.13. The van der Waals surface area contributed by atoms with Crippen LogP contribution < -0.4 is 0 Å². The number of aromatic amines is 2. The molecule has 0 atom stereocenters. The molecule has 150 valence electrons. The molecular weight excluding hydrogens is 370 g/mol. The zero-order chi connectivity index (χ0) is 20.2. The third-order valence-corrected chi connectivity index (χ3v) is 4.76. The first kappa shape index (κ1) is 19.1. The van der Waals surface area contributed by atoms with Crippen molar-refractivity contribution >= 4 is 28.0 Å². The summed E-state index contributed by atoms with van der Waals surface area (Å²) in [7, 11) is 0. The van der Waals surface area contributed by atoms with Crippen molar-refractivity contribution in [3.05, 3.63) is 59.7 Å². The van der Waals surface area contributed by atoms with Crippen molar-refractivity contribution in [1.82, 2.24) is 24.8 Å². The lowest BCUT2D eigenvalue weighted by molar-refractivity contribution is 0.0332. The summed E-state index contributed by atoms with van der Waals surface area (Å²) in [6.07, 6.45) is 0. The van der Waals surface area contributed by atoms with Crippen molar-refractivity contribution in [1.29, 1.82) is 0 Å². The van der Waals surface area contributed by atoms with Crippen LogP contribution in [0.1, 0.15) is 22.0 Å². The molecule has 0 spiro atoms. The zero-order valence-corrected chi connectivity index (χ0v) is 16.2. The standard InChI is InChI=1S/C13H15N3O3.C8H8N2/c17-13(18)9-1-2-10-11(7-9)15-12(14-10)8-16-3-5-19-6-4-16;1-6-9-7-4-2-3-5-8(7)10-6/h1-2,7H,3-6,8H2,(H,14,15)(H,17,18);2-5H,1H3,(H,9,10). The van der Waals surface area contributed by atoms with Crippen molar-refractivity contribution in [3.63, 3.8) is 0 Å². The number of carboxylic acid groups (broad SMARTS) is 1. The van der Waals surface area contributed by atoms with Crippen LogP contribution in [0.3, 0.4) is 0 Å². The van der Waals surface area contributed by atoms with Crippen LogP contribution >= 0.6 is 0 Å². The predicted octanol–water partition coefficient (Wildman–Crippen LogP) is 2.96. The van der Waals surface area contributed by atoms with E-state index in [-0.39, 0.29) is 5.56 Å². The van der Waals surface area contributed by atoms with Gasteiger partial charge >= 0.3 is 5.97 Å². The minimum absolute atomic E-state index is 0.261. The largest absolute Gasteiger partial charge is 0.478 e. The number of aryl methyl sites for hydroxylation is 1. The Morgan fingerprint density at radius 2 is 1.83 bits per heavy atom. The number of carbonyl (C=O) groups is 1. The first-order valence-corrected chi connectivity index (χ1v) is 9.52. The molecule has 0 amide bonds. The highest BCUT2D eigenvalue weighted by Crippen LogP contribution is 2.15. The minimum Gasteiger partial charge on any atom is -0.478 e. The number of fused-ring (bicyclic) bond motifs is 2. The number of nitrogens with zero attached hydrogens (tertiary/aromatic N) is 3. The van der Waals surface area contributed by atoms with Gasteiger partial charge in [0.2, 0.25) is 0 Å². The summed E-state index contributed by atoms with van der Waals surface area (Å²) in [5.74, 6) is 0.903. The highest BCUT2D eigenvalue weighted by atomic mass is 16.5. The Balaban J connectivity index is 0.000000171. The minimum atomic E-state index is -0.931. The van der Waals surface area contributed by atoms with Gasteiger partial charge in [0.1, 0.15) is 11.6 Å². The molecule has 4 aromatic rings. The number of carboxylic acids is 1. The molecule has 29 heavy (non-hydrogen) atoms. The first-order valence-electron chi connectivity index (χ1n) is 9.52. The number of rotatable bonds is 3. The molecule has 8 nitrogen and oxygen atoms in total. The Morgan fingerprint density at radius 1 is 1.07 bits per heavy atom. The molecular formula is C21H23N5O3. The molecule has 0 saturated carbocycles. The molecule has 1 fully saturated rings. The van der Waals surface area contributed by atoms with Gasteiger partial charge in [-0.05, 0) is 37.3 Å². The lowest BCUT2D eigenvalue weighted by atomic mass is 10.2. The summed E-state index contributed by atoms with van der Waals surface area (Å²) >= 11 is 0. The van der Waals surface area contributed by atoms with Gasteiger partial charge in [-0.1, -0.05) is 12.1 Å². The molecule has 8 heteroatoms. The number of aromatic nitrogens is 4. The third-order valence-electron chi connectivity index (χ3n) is 4.76. The van der Waals surface area contributed by atoms with E-state index in [0.29, 0.717) is 5.52 Å². The third kappa shape index (κ3) is 4.61. The fraction of sp³-hybridized carbons (Fsp3) is 0.286. The predicted molar refractivity (Wildman–Crippen MR) is 110 cm³/mol. The molecule has 3 N–H and O–H groups in total. The van der Waals surface area contributed by atoms with Gasteiger partial charge < -0.3 is 19.8 Å². The Hall–Kier alpha value is -3.23. The van der Waals surface area contributed by atoms with Gasteiger partial charge in [0.25, 0.3) is 0 Å². The Morgan fingerprint density at radius 3 is 2.59 bits per heavy atom. The van der Waals surface area contributed by atoms with E-state index in [0.717, 1.165) is 61.0 Å². The molecule has 0 radical (unpaired) electrons. The summed E-state index contributed by atoms with van der Waals surface area (Å²) < 4.78 is 5.30. The molecule has 1 aliphatic heterocycles. The number of ether oxygens (including phenoxy) is 1. The van der Waals surface area contributed by atoms with Crippen molar-refractivity contribution in [2.24, 2.45) is 0 Å². The molecule has 1 saturated heterocycles. The SMILES string of the molecule is Cc1nc2ccccc2[nH]1.O=C(O)c1ccc2[nH]c(CN3CCOCC3)nc2c1. The number of hydrogen-bond donors (Lipinski definition) is 3. The van der Waals surface area contributed by atoms with E-state index in [1.165, 1.54) is 0 Å². The average molecular weight is 393 g/mol. The lowest BCUT2D eigenvalue weighted by Crippen LogP contribution is -2.35. The van der Waals surface area contributed by atoms with Gasteiger partial charge in [-0.3, -0.25) is 4.90 Å². The fourth-order valence-electron chi connectivity index (χ4n) is 3.32. The quantitative estimate of drug-likeness (QED) is 0.494. The Bertz CT molecular complexity index is 1090. The number of hydrogen-bond acceptors (Lipinski definition) is 5. The number of H-pyrrole nitrogens is 2. The molecule has 2 aromatic heterocycles. The van der Waals surface area contributed by atoms with Gasteiger partial charge in [-0.25, -0.2) is 14.8 Å². The van der Waals surface area contributed by atoms with Crippen LogP contribution in [-0.4, -0.2) is 62.2 Å². The summed E-state index contributed by atoms with van der Waals surface area (Å²) in [4.78, 5) is 28.2. The summed E-state index contributed by atoms with van der Waals surface area (Å²) in [6, 6.07) is 12.9. The van der Waals surface area contributed by atoms with E-state index >= 15 is 0 Å². The number of aromatic carboxylic acids is 1. The van der Waals surface area contributed by atoms with Gasteiger partial charge in [0.05, 0.1) is 47.4 Å². The Kier molecular flexibility index (Phi) is 5.55. The summed E-state index contributed by atoms with van der Waals surface area (Å²) in [5, 5.41) is 8.95. The van der Waals surface area contributed by atoms with Gasteiger partial charge in [-0.15, -0.1) is 0 Å². The topological polar surface area (TPSA) is 107 Å². The van der Waals surface area contributed by atoms with E-state index in [2.05, 4.69) is 24.8 Å². The van der Waals surface area contributed by atoms with Crippen LogP contribution in [0.5, 0.6) is 0 Å². The van der Waals surface area contributed by atoms with Gasteiger partial charge in [0.15, 0.2) is 0 Å². The van der Waals surface area contributed by atoms with E-state index in [1.54, 1.807) is 18.2 Å². The molecule has 0 unspecified atom stereocenters. The molecule has 5 rings (SSSR count). The monoisotopic (exact) mass is 393 g/mol. The highest BCUT2D eigenvalue weighted by molar-refractivity contribution is 5.92. The van der Waals surface area contributed by atoms with Crippen molar-refractivity contribution < 1.29 is 14.6 Å². The normalized spacial score (nSPS) is 14.7. The van der Waals surface area contributed by atoms with Gasteiger partial charge in [0, 0.05) is 13.1 Å². The second kappa shape index (κ2) is 8.42. The zero-order valence-electron chi connectivity index (χ0n) is 16.2. The second-order valence-electron chi connectivity index (χ2n) is 6.95. The molecule has 0 bridgehead atoms. The summed E-state index contributed by atoms with van der Waals surface area (Å²) in [5.41, 5.74) is 3.98. The van der Waals surface area contributed by atoms with Crippen LogP contribution in [0.15, 0.2) is 42.5 Å². The number of nitrogens with one attached hydrogen (secondary N) is 2. The van der Waals surface area contributed by atoms with Crippen molar-refractivity contribution in [2.45, 2.75) is 13.5 Å². The Labute approximate surface area is 167 Å². The maximum atomic E-state index is 10.9. The first-order chi connectivity index (χ1) is 14.1. The second-order valence-corrected chi connectivity index (χ2v) is 6.95. The van der Waals surface area contributed by atoms with E-state index in [1.807, 2.05) is 31.2 Å². The molecule has 2 aromatic carbocycles. The molecule has 0 aliphatic carbocycles. The smallest absolute Gasteiger partial charge is 0.335 e. The van der Waals surface area contributed by atoms with E-state index in [4.69, 9.17) is 9.84 Å². The number of imidazole rings is 2. The van der Waals surface area contributed by atoms with E-state index in [9.17, 15) is 4.79 Å². The fourth-order valence-corrected chi connectivity index (χ4v) is 3.32. The number of para-hydroxylation sites is 2. The summed E-state index contributed by atoms with van der Waals surface area (Å²) in [6.45, 7) is 6.00. The maximum absolute atomic E-state index is 10.9. The maximum Gasteiger partial charge on any atom is 0.335 e.